The highest BCUT2D eigenvalue weighted by molar-refractivity contribution is 5.96. The number of nitrogens with one attached hydrogen (secondary N) is 1. The number of nitrogens with two attached hydrogens (primary N) is 1. The fraction of sp³-hybridized carbons (Fsp3) is 0.846. The van der Waals surface area contributed by atoms with E-state index in [4.69, 9.17) is 5.73 Å². The van der Waals surface area contributed by atoms with Crippen LogP contribution < -0.4 is 11.1 Å². The maximum atomic E-state index is 11.8. The Bertz CT molecular complexity index is 337. The minimum absolute atomic E-state index is 0.265. The van der Waals surface area contributed by atoms with E-state index < -0.39 is 6.03 Å². The van der Waals surface area contributed by atoms with Crippen molar-refractivity contribution in [2.45, 2.75) is 51.5 Å². The summed E-state index contributed by atoms with van der Waals surface area (Å²) < 4.78 is 0. The summed E-state index contributed by atoms with van der Waals surface area (Å²) in [7, 11) is 0. The van der Waals surface area contributed by atoms with Crippen LogP contribution in [0.5, 0.6) is 0 Å². The molecular formula is C13H23N3O2. The average molecular weight is 253 g/mol. The molecule has 102 valence electrons. The number of primary amides is 1. The van der Waals surface area contributed by atoms with Crippen molar-refractivity contribution in [3.8, 4) is 0 Å². The molecule has 0 aromatic heterocycles. The van der Waals surface area contributed by atoms with Gasteiger partial charge in [-0.15, -0.1) is 0 Å². The molecule has 1 heterocycles. The van der Waals surface area contributed by atoms with Crippen LogP contribution >= 0.6 is 0 Å². The first kappa shape index (κ1) is 13.3. The molecule has 1 atom stereocenters. The Kier molecular flexibility index (Phi) is 3.90. The van der Waals surface area contributed by atoms with Gasteiger partial charge in [-0.1, -0.05) is 19.3 Å². The molecule has 3 N–H and O–H groups in total. The quantitative estimate of drug-likeness (QED) is 0.777. The predicted octanol–water partition coefficient (Wildman–Crippen LogP) is 1.23. The van der Waals surface area contributed by atoms with Gasteiger partial charge in [-0.25, -0.2) is 4.79 Å². The first-order chi connectivity index (χ1) is 8.52. The third-order valence-corrected chi connectivity index (χ3v) is 4.56. The molecular weight excluding hydrogens is 230 g/mol. The number of hydrogen-bond acceptors (Lipinski definition) is 3. The van der Waals surface area contributed by atoms with Gasteiger partial charge in [0.2, 0.25) is 5.91 Å². The second kappa shape index (κ2) is 5.26. The van der Waals surface area contributed by atoms with E-state index >= 15 is 0 Å². The van der Waals surface area contributed by atoms with E-state index in [1.54, 1.807) is 0 Å². The van der Waals surface area contributed by atoms with E-state index in [2.05, 4.69) is 10.2 Å². The first-order valence-corrected chi connectivity index (χ1v) is 6.87. The van der Waals surface area contributed by atoms with E-state index in [0.29, 0.717) is 5.41 Å². The molecule has 1 spiro atoms. The minimum atomic E-state index is -0.765. The van der Waals surface area contributed by atoms with Gasteiger partial charge in [0, 0.05) is 6.54 Å². The monoisotopic (exact) mass is 253 g/mol. The van der Waals surface area contributed by atoms with Crippen LogP contribution in [-0.2, 0) is 4.79 Å². The summed E-state index contributed by atoms with van der Waals surface area (Å²) in [4.78, 5) is 24.6. The van der Waals surface area contributed by atoms with Gasteiger partial charge in [0.05, 0.1) is 6.04 Å². The van der Waals surface area contributed by atoms with Crippen molar-refractivity contribution >= 4 is 11.9 Å². The first-order valence-electron chi connectivity index (χ1n) is 6.87. The summed E-state index contributed by atoms with van der Waals surface area (Å²) in [5.41, 5.74) is 5.41. The molecule has 2 fully saturated rings. The molecule has 1 aliphatic heterocycles. The Hall–Kier alpha value is -1.10. The van der Waals surface area contributed by atoms with Crippen molar-refractivity contribution in [3.05, 3.63) is 0 Å². The predicted molar refractivity (Wildman–Crippen MR) is 68.9 cm³/mol. The number of imide groups is 1. The second-order valence-electron chi connectivity index (χ2n) is 5.81. The van der Waals surface area contributed by atoms with Gasteiger partial charge in [0.1, 0.15) is 0 Å². The van der Waals surface area contributed by atoms with E-state index in [1.165, 1.54) is 38.5 Å². The van der Waals surface area contributed by atoms with Crippen LogP contribution in [0.25, 0.3) is 0 Å². The third kappa shape index (κ3) is 2.83. The Balaban J connectivity index is 1.91. The topological polar surface area (TPSA) is 75.4 Å². The Morgan fingerprint density at radius 1 is 1.22 bits per heavy atom. The van der Waals surface area contributed by atoms with Crippen LogP contribution in [0.3, 0.4) is 0 Å². The number of amides is 3. The highest BCUT2D eigenvalue weighted by Gasteiger charge is 2.41. The smallest absolute Gasteiger partial charge is 0.318 e. The molecule has 1 aliphatic carbocycles. The lowest BCUT2D eigenvalue weighted by Gasteiger charge is -2.34. The summed E-state index contributed by atoms with van der Waals surface area (Å²) in [5.74, 6) is -0.282. The zero-order valence-corrected chi connectivity index (χ0v) is 11.1. The van der Waals surface area contributed by atoms with Crippen molar-refractivity contribution in [2.24, 2.45) is 11.1 Å². The number of rotatable bonds is 2. The minimum Gasteiger partial charge on any atom is -0.351 e. The fourth-order valence-corrected chi connectivity index (χ4v) is 3.40. The number of carbonyl (C=O) groups excluding carboxylic acids is 2. The maximum Gasteiger partial charge on any atom is 0.318 e. The number of nitrogens with zero attached hydrogens (tertiary/aromatic N) is 1. The molecule has 5 nitrogen and oxygen atoms in total. The summed E-state index contributed by atoms with van der Waals surface area (Å²) in [6.07, 6.45) is 7.73. The molecule has 0 aromatic carbocycles. The van der Waals surface area contributed by atoms with Gasteiger partial charge >= 0.3 is 6.03 Å². The zero-order valence-electron chi connectivity index (χ0n) is 11.1. The number of urea groups is 1. The van der Waals surface area contributed by atoms with Crippen molar-refractivity contribution in [3.63, 3.8) is 0 Å². The molecule has 2 aliphatic rings. The lowest BCUT2D eigenvalue weighted by molar-refractivity contribution is -0.124. The molecule has 0 bridgehead atoms. The van der Waals surface area contributed by atoms with Crippen molar-refractivity contribution in [2.75, 3.05) is 13.1 Å². The molecule has 2 rings (SSSR count). The molecule has 1 saturated heterocycles. The highest BCUT2D eigenvalue weighted by atomic mass is 16.2. The molecule has 3 amide bonds. The van der Waals surface area contributed by atoms with Crippen LogP contribution in [0.15, 0.2) is 0 Å². The Morgan fingerprint density at radius 3 is 2.50 bits per heavy atom. The van der Waals surface area contributed by atoms with Gasteiger partial charge in [0.15, 0.2) is 0 Å². The van der Waals surface area contributed by atoms with Crippen molar-refractivity contribution in [1.82, 2.24) is 10.2 Å². The van der Waals surface area contributed by atoms with Gasteiger partial charge in [-0.05, 0) is 38.1 Å². The Labute approximate surface area is 108 Å². The summed E-state index contributed by atoms with van der Waals surface area (Å²) >= 11 is 0. The zero-order chi connectivity index (χ0) is 13.2. The SMILES string of the molecule is CC(C(=O)NC(N)=O)N1CCC2(CCCCC2)C1. The molecule has 1 saturated carbocycles. The summed E-state index contributed by atoms with van der Waals surface area (Å²) in [6.45, 7) is 3.79. The van der Waals surface area contributed by atoms with E-state index in [-0.39, 0.29) is 11.9 Å². The van der Waals surface area contributed by atoms with E-state index in [0.717, 1.165) is 13.1 Å². The van der Waals surface area contributed by atoms with Crippen LogP contribution in [0.4, 0.5) is 4.79 Å². The molecule has 0 aromatic rings. The van der Waals surface area contributed by atoms with Crippen molar-refractivity contribution < 1.29 is 9.59 Å². The average Bonchev–Trinajstić information content (AvgIpc) is 2.72. The normalized spacial score (nSPS) is 24.9. The standard InChI is InChI=1S/C13H23N3O2/c1-10(11(17)15-12(14)18)16-8-7-13(9-16)5-3-2-4-6-13/h10H,2-9H2,1H3,(H3,14,15,17,18). The maximum absolute atomic E-state index is 11.8. The van der Waals surface area contributed by atoms with Crippen molar-refractivity contribution in [1.29, 1.82) is 0 Å². The van der Waals surface area contributed by atoms with Gasteiger partial charge in [-0.2, -0.15) is 0 Å². The van der Waals surface area contributed by atoms with Crippen LogP contribution in [0.1, 0.15) is 45.4 Å². The number of carbonyl (C=O) groups is 2. The molecule has 18 heavy (non-hydrogen) atoms. The molecule has 5 heteroatoms. The van der Waals surface area contributed by atoms with E-state index in [9.17, 15) is 9.59 Å². The fourth-order valence-electron chi connectivity index (χ4n) is 3.40. The van der Waals surface area contributed by atoms with E-state index in [1.807, 2.05) is 6.92 Å². The summed E-state index contributed by atoms with van der Waals surface area (Å²) in [6, 6.07) is -1.03. The molecule has 1 unspecified atom stereocenters. The lowest BCUT2D eigenvalue weighted by atomic mass is 9.73. The van der Waals surface area contributed by atoms with Crippen LogP contribution in [0.2, 0.25) is 0 Å². The largest absolute Gasteiger partial charge is 0.351 e. The Morgan fingerprint density at radius 2 is 1.89 bits per heavy atom. The number of hydrogen-bond donors (Lipinski definition) is 2. The van der Waals surface area contributed by atoms with Crippen LogP contribution in [-0.4, -0.2) is 36.0 Å². The third-order valence-electron chi connectivity index (χ3n) is 4.56. The number of likely N-dealkylation sites (tertiary alicyclic amines) is 1. The van der Waals surface area contributed by atoms with Gasteiger partial charge in [0.25, 0.3) is 0 Å². The van der Waals surface area contributed by atoms with Gasteiger partial charge < -0.3 is 5.73 Å². The molecule has 0 radical (unpaired) electrons. The van der Waals surface area contributed by atoms with Gasteiger partial charge in [-0.3, -0.25) is 15.0 Å². The highest BCUT2D eigenvalue weighted by Crippen LogP contribution is 2.44. The summed E-state index contributed by atoms with van der Waals surface area (Å²) in [5, 5.41) is 2.17. The van der Waals surface area contributed by atoms with Crippen LogP contribution in [0, 0.1) is 5.41 Å². The lowest BCUT2D eigenvalue weighted by Crippen LogP contribution is -2.48. The second-order valence-corrected chi connectivity index (χ2v) is 5.81.